The number of aliphatic hydroxyl groups excluding tert-OH is 1. The summed E-state index contributed by atoms with van der Waals surface area (Å²) in [6.45, 7) is 4.86. The number of aliphatic hydroxyl groups is 1. The van der Waals surface area contributed by atoms with E-state index in [2.05, 4.69) is 0 Å². The summed E-state index contributed by atoms with van der Waals surface area (Å²) in [5, 5.41) is 11.3. The topological polar surface area (TPSA) is 80.7 Å². The van der Waals surface area contributed by atoms with Crippen molar-refractivity contribution in [1.82, 2.24) is 0 Å². The molecule has 3 saturated carbocycles. The number of hydrogen-bond acceptors (Lipinski definition) is 5. The van der Waals surface area contributed by atoms with Crippen molar-refractivity contribution in [2.24, 2.45) is 22.7 Å². The van der Waals surface area contributed by atoms with Gasteiger partial charge in [-0.2, -0.15) is 0 Å². The van der Waals surface area contributed by atoms with E-state index in [9.17, 15) is 19.5 Å². The zero-order chi connectivity index (χ0) is 23.7. The second-order valence-electron chi connectivity index (χ2n) is 10.1. The SMILES string of the molecule is CCC(=O)O[C@]1(C(=O)CCl)CC[C@H]2[C@@H]3CC(F)C4=CC(=O)C=C[C@]4(C)[C@@]3(F)C(O)C[C@@]21C. The number of rotatable bonds is 4. The number of esters is 1. The third-order valence-electron chi connectivity index (χ3n) is 8.90. The number of fused-ring (bicyclic) bond motifs is 5. The zero-order valence-corrected chi connectivity index (χ0v) is 19.3. The third kappa shape index (κ3) is 2.73. The molecule has 8 heteroatoms. The van der Waals surface area contributed by atoms with E-state index in [4.69, 9.17) is 16.3 Å². The van der Waals surface area contributed by atoms with Crippen LogP contribution < -0.4 is 0 Å². The first-order valence-electron chi connectivity index (χ1n) is 11.2. The number of hydrogen-bond donors (Lipinski definition) is 1. The van der Waals surface area contributed by atoms with Gasteiger partial charge in [0, 0.05) is 23.2 Å². The number of ether oxygens (including phenoxy) is 1. The lowest BCUT2D eigenvalue weighted by Crippen LogP contribution is -2.70. The molecule has 176 valence electrons. The van der Waals surface area contributed by atoms with Crippen LogP contribution in [0, 0.1) is 22.7 Å². The molecule has 0 heterocycles. The Morgan fingerprint density at radius 2 is 2.00 bits per heavy atom. The van der Waals surface area contributed by atoms with Gasteiger partial charge in [0.05, 0.1) is 12.0 Å². The molecule has 3 fully saturated rings. The quantitative estimate of drug-likeness (QED) is 0.499. The first-order valence-corrected chi connectivity index (χ1v) is 11.7. The smallest absolute Gasteiger partial charge is 0.306 e. The third-order valence-corrected chi connectivity index (χ3v) is 9.14. The van der Waals surface area contributed by atoms with Crippen LogP contribution in [0.4, 0.5) is 8.78 Å². The van der Waals surface area contributed by atoms with Gasteiger partial charge in [-0.1, -0.05) is 19.9 Å². The Kier molecular flexibility index (Phi) is 5.49. The van der Waals surface area contributed by atoms with Gasteiger partial charge in [0.15, 0.2) is 22.8 Å². The molecule has 4 aliphatic carbocycles. The van der Waals surface area contributed by atoms with Gasteiger partial charge in [-0.3, -0.25) is 14.4 Å². The molecule has 0 aliphatic heterocycles. The van der Waals surface area contributed by atoms with Crippen LogP contribution in [-0.2, 0) is 19.1 Å². The maximum absolute atomic E-state index is 17.1. The molecule has 0 aromatic rings. The highest BCUT2D eigenvalue weighted by Crippen LogP contribution is 2.70. The fourth-order valence-electron chi connectivity index (χ4n) is 7.25. The summed E-state index contributed by atoms with van der Waals surface area (Å²) in [5.41, 5.74) is -6.38. The lowest BCUT2D eigenvalue weighted by molar-refractivity contribution is -0.227. The average molecular weight is 471 g/mol. The van der Waals surface area contributed by atoms with Crippen LogP contribution in [0.15, 0.2) is 23.8 Å². The number of allylic oxidation sites excluding steroid dienone is 4. The zero-order valence-electron chi connectivity index (χ0n) is 18.5. The predicted molar refractivity (Wildman–Crippen MR) is 113 cm³/mol. The maximum atomic E-state index is 17.1. The summed E-state index contributed by atoms with van der Waals surface area (Å²) in [5.74, 6) is -3.30. The molecule has 1 N–H and O–H groups in total. The molecule has 4 aliphatic rings. The number of alkyl halides is 3. The minimum absolute atomic E-state index is 0.0462. The first-order chi connectivity index (χ1) is 14.9. The number of carbonyl (C=O) groups excluding carboxylic acids is 3. The van der Waals surface area contributed by atoms with Gasteiger partial charge in [-0.15, -0.1) is 11.6 Å². The Labute approximate surface area is 191 Å². The van der Waals surface area contributed by atoms with E-state index in [0.29, 0.717) is 6.42 Å². The Balaban J connectivity index is 1.84. The standard InChI is InChI=1S/C24H29ClF2O5/c1-4-20(31)32-23(19(30)12-25)8-6-14-15-10-17(26)16-9-13(28)5-7-21(16,2)24(15,27)18(29)11-22(14,23)3/h5,7,9,14-15,17-18,29H,4,6,8,10-12H2,1-3H3/t14-,15-,17?,18?,21-,22-,23-,24-/m0/s1. The van der Waals surface area contributed by atoms with E-state index in [1.54, 1.807) is 13.8 Å². The Morgan fingerprint density at radius 1 is 1.31 bits per heavy atom. The normalized spacial score (nSPS) is 47.2. The van der Waals surface area contributed by atoms with Crippen LogP contribution in [0.1, 0.15) is 52.9 Å². The molecule has 8 atom stereocenters. The van der Waals surface area contributed by atoms with Crippen molar-refractivity contribution in [3.63, 3.8) is 0 Å². The Morgan fingerprint density at radius 3 is 2.62 bits per heavy atom. The highest BCUT2D eigenvalue weighted by atomic mass is 35.5. The number of carbonyl (C=O) groups is 3. The van der Waals surface area contributed by atoms with E-state index < -0.39 is 63.7 Å². The van der Waals surface area contributed by atoms with Crippen molar-refractivity contribution in [3.05, 3.63) is 23.8 Å². The van der Waals surface area contributed by atoms with Crippen LogP contribution in [-0.4, -0.2) is 52.1 Å². The highest BCUT2D eigenvalue weighted by Gasteiger charge is 2.76. The minimum atomic E-state index is -2.24. The molecule has 2 unspecified atom stereocenters. The molecular formula is C24H29ClF2O5. The summed E-state index contributed by atoms with van der Waals surface area (Å²) >= 11 is 5.91. The largest absolute Gasteiger partial charge is 0.450 e. The summed E-state index contributed by atoms with van der Waals surface area (Å²) in [6.07, 6.45) is 0.783. The molecule has 0 radical (unpaired) electrons. The van der Waals surface area contributed by atoms with E-state index in [1.807, 2.05) is 0 Å². The van der Waals surface area contributed by atoms with Crippen LogP contribution in [0.5, 0.6) is 0 Å². The van der Waals surface area contributed by atoms with Crippen molar-refractivity contribution >= 4 is 29.1 Å². The minimum Gasteiger partial charge on any atom is -0.450 e. The molecule has 0 amide bonds. The summed E-state index contributed by atoms with van der Waals surface area (Å²) in [4.78, 5) is 37.3. The molecule has 0 aromatic heterocycles. The molecule has 5 nitrogen and oxygen atoms in total. The van der Waals surface area contributed by atoms with Crippen LogP contribution in [0.25, 0.3) is 0 Å². The average Bonchev–Trinajstić information content (AvgIpc) is 3.03. The maximum Gasteiger partial charge on any atom is 0.306 e. The molecule has 0 spiro atoms. The molecular weight excluding hydrogens is 442 g/mol. The molecule has 4 rings (SSSR count). The van der Waals surface area contributed by atoms with E-state index >= 15 is 8.78 Å². The second kappa shape index (κ2) is 7.45. The Hall–Kier alpha value is -1.60. The van der Waals surface area contributed by atoms with Crippen LogP contribution in [0.2, 0.25) is 0 Å². The first kappa shape index (κ1) is 23.6. The van der Waals surface area contributed by atoms with E-state index in [1.165, 1.54) is 19.1 Å². The predicted octanol–water partition coefficient (Wildman–Crippen LogP) is 3.81. The summed E-state index contributed by atoms with van der Waals surface area (Å²) in [7, 11) is 0. The van der Waals surface area contributed by atoms with Gasteiger partial charge in [0.1, 0.15) is 6.17 Å². The molecule has 0 bridgehead atoms. The van der Waals surface area contributed by atoms with Crippen molar-refractivity contribution in [1.29, 1.82) is 0 Å². The van der Waals surface area contributed by atoms with Gasteiger partial charge >= 0.3 is 5.97 Å². The van der Waals surface area contributed by atoms with Gasteiger partial charge < -0.3 is 9.84 Å². The number of ketones is 2. The molecule has 0 saturated heterocycles. The van der Waals surface area contributed by atoms with Crippen molar-refractivity contribution < 1.29 is 33.0 Å². The van der Waals surface area contributed by atoms with E-state index in [-0.39, 0.29) is 37.1 Å². The van der Waals surface area contributed by atoms with Gasteiger partial charge in [-0.05, 0) is 56.3 Å². The monoisotopic (exact) mass is 470 g/mol. The molecule has 32 heavy (non-hydrogen) atoms. The summed E-state index contributed by atoms with van der Waals surface area (Å²) in [6, 6.07) is 0. The number of Topliss-reactive ketones (excluding diaryl/α,β-unsaturated/α-hetero) is 1. The van der Waals surface area contributed by atoms with Gasteiger partial charge in [0.2, 0.25) is 0 Å². The van der Waals surface area contributed by atoms with Gasteiger partial charge in [0.25, 0.3) is 0 Å². The van der Waals surface area contributed by atoms with E-state index in [0.717, 1.165) is 6.08 Å². The lowest BCUT2D eigenvalue weighted by Gasteiger charge is -2.63. The fourth-order valence-corrected chi connectivity index (χ4v) is 7.46. The highest BCUT2D eigenvalue weighted by molar-refractivity contribution is 6.29. The second-order valence-corrected chi connectivity index (χ2v) is 10.4. The fraction of sp³-hybridized carbons (Fsp3) is 0.708. The van der Waals surface area contributed by atoms with Crippen molar-refractivity contribution in [2.45, 2.75) is 76.4 Å². The van der Waals surface area contributed by atoms with Crippen molar-refractivity contribution in [3.8, 4) is 0 Å². The van der Waals surface area contributed by atoms with Gasteiger partial charge in [-0.25, -0.2) is 8.78 Å². The lowest BCUT2D eigenvalue weighted by atomic mass is 9.44. The van der Waals surface area contributed by atoms with Crippen LogP contribution in [0.3, 0.4) is 0 Å². The number of halogens is 3. The van der Waals surface area contributed by atoms with Crippen LogP contribution >= 0.6 is 11.6 Å². The van der Waals surface area contributed by atoms with Crippen molar-refractivity contribution in [2.75, 3.05) is 5.88 Å². The molecule has 0 aromatic carbocycles. The summed E-state index contributed by atoms with van der Waals surface area (Å²) < 4.78 is 38.2. The Bertz CT molecular complexity index is 933.